The fourth-order valence-electron chi connectivity index (χ4n) is 2.49. The van der Waals surface area contributed by atoms with Crippen LogP contribution in [0.25, 0.3) is 0 Å². The molecule has 0 saturated carbocycles. The summed E-state index contributed by atoms with van der Waals surface area (Å²) in [5.41, 5.74) is 0.444. The number of rotatable bonds is 9. The van der Waals surface area contributed by atoms with Gasteiger partial charge >= 0.3 is 0 Å². The summed E-state index contributed by atoms with van der Waals surface area (Å²) in [6.45, 7) is 0.0830. The van der Waals surface area contributed by atoms with Gasteiger partial charge in [0, 0.05) is 28.7 Å². The number of benzene rings is 2. The molecular formula is C19H19BrFN3O4S. The van der Waals surface area contributed by atoms with Crippen LogP contribution >= 0.6 is 27.7 Å². The minimum absolute atomic E-state index is 0.0830. The number of thioether (sulfide) groups is 1. The summed E-state index contributed by atoms with van der Waals surface area (Å²) in [6, 6.07) is 8.61. The fraction of sp³-hybridized carbons (Fsp3) is 0.263. The van der Waals surface area contributed by atoms with Gasteiger partial charge in [-0.05, 0) is 48.3 Å². The molecule has 0 fully saturated rings. The Bertz CT molecular complexity index is 913. The molecule has 0 aliphatic rings. The van der Waals surface area contributed by atoms with Crippen LogP contribution in [0.4, 0.5) is 10.1 Å². The number of carbonyl (C=O) groups is 2. The first kappa shape index (κ1) is 22.8. The quantitative estimate of drug-likeness (QED) is 0.418. The summed E-state index contributed by atoms with van der Waals surface area (Å²) in [4.78, 5) is 35.4. The summed E-state index contributed by atoms with van der Waals surface area (Å²) in [6.07, 6.45) is 2.25. The largest absolute Gasteiger partial charge is 0.350 e. The van der Waals surface area contributed by atoms with Gasteiger partial charge in [-0.2, -0.15) is 11.8 Å². The van der Waals surface area contributed by atoms with E-state index in [0.29, 0.717) is 22.2 Å². The van der Waals surface area contributed by atoms with E-state index in [9.17, 15) is 24.1 Å². The van der Waals surface area contributed by atoms with Crippen LogP contribution in [-0.4, -0.2) is 34.8 Å². The van der Waals surface area contributed by atoms with Crippen LogP contribution in [-0.2, 0) is 11.3 Å². The molecule has 29 heavy (non-hydrogen) atoms. The molecule has 1 unspecified atom stereocenters. The molecule has 0 radical (unpaired) electrons. The van der Waals surface area contributed by atoms with Crippen molar-refractivity contribution >= 4 is 45.2 Å². The SMILES string of the molecule is CSCCC(NC(=O)c1cccc([N+](=O)[O-])c1)C(=O)NCc1cc(F)ccc1Br. The second-order valence-electron chi connectivity index (χ2n) is 6.07. The van der Waals surface area contributed by atoms with Gasteiger partial charge in [0.05, 0.1) is 4.92 Å². The first-order chi connectivity index (χ1) is 13.8. The Morgan fingerprint density at radius 1 is 1.28 bits per heavy atom. The Labute approximate surface area is 179 Å². The molecule has 10 heteroatoms. The Kier molecular flexibility index (Phi) is 8.59. The molecule has 0 heterocycles. The molecular weight excluding hydrogens is 465 g/mol. The van der Waals surface area contributed by atoms with E-state index in [0.717, 1.165) is 6.07 Å². The number of nitrogens with one attached hydrogen (secondary N) is 2. The van der Waals surface area contributed by atoms with Crippen LogP contribution in [0.3, 0.4) is 0 Å². The van der Waals surface area contributed by atoms with Crippen molar-refractivity contribution < 1.29 is 18.9 Å². The van der Waals surface area contributed by atoms with Crippen LogP contribution < -0.4 is 10.6 Å². The van der Waals surface area contributed by atoms with E-state index >= 15 is 0 Å². The normalized spacial score (nSPS) is 11.6. The molecule has 0 aliphatic carbocycles. The maximum Gasteiger partial charge on any atom is 0.270 e. The fourth-order valence-corrected chi connectivity index (χ4v) is 3.35. The molecule has 2 aromatic carbocycles. The minimum atomic E-state index is -0.832. The molecule has 0 saturated heterocycles. The van der Waals surface area contributed by atoms with Crippen molar-refractivity contribution in [3.05, 3.63) is 74.0 Å². The number of halogens is 2. The number of nitro benzene ring substituents is 1. The van der Waals surface area contributed by atoms with E-state index in [1.807, 2.05) is 6.26 Å². The summed E-state index contributed by atoms with van der Waals surface area (Å²) >= 11 is 4.82. The summed E-state index contributed by atoms with van der Waals surface area (Å²) in [7, 11) is 0. The number of nitrogens with zero attached hydrogens (tertiary/aromatic N) is 1. The van der Waals surface area contributed by atoms with E-state index in [2.05, 4.69) is 26.6 Å². The zero-order valence-corrected chi connectivity index (χ0v) is 17.9. The number of non-ortho nitro benzene ring substituents is 1. The van der Waals surface area contributed by atoms with Crippen LogP contribution in [0.2, 0.25) is 0 Å². The molecule has 2 N–H and O–H groups in total. The predicted octanol–water partition coefficient (Wildman–Crippen LogP) is 3.66. The molecule has 2 rings (SSSR count). The van der Waals surface area contributed by atoms with Crippen molar-refractivity contribution in [2.45, 2.75) is 19.0 Å². The van der Waals surface area contributed by atoms with Gasteiger partial charge in [-0.25, -0.2) is 4.39 Å². The third-order valence-electron chi connectivity index (χ3n) is 4.01. The van der Waals surface area contributed by atoms with Gasteiger partial charge in [0.2, 0.25) is 5.91 Å². The molecule has 2 amide bonds. The van der Waals surface area contributed by atoms with Crippen molar-refractivity contribution in [2.24, 2.45) is 0 Å². The van der Waals surface area contributed by atoms with Gasteiger partial charge in [0.1, 0.15) is 11.9 Å². The lowest BCUT2D eigenvalue weighted by atomic mass is 10.1. The Morgan fingerprint density at radius 3 is 2.72 bits per heavy atom. The maximum absolute atomic E-state index is 13.4. The smallest absolute Gasteiger partial charge is 0.270 e. The first-order valence-electron chi connectivity index (χ1n) is 8.57. The molecule has 154 valence electrons. The van der Waals surface area contributed by atoms with E-state index in [1.165, 1.54) is 42.1 Å². The van der Waals surface area contributed by atoms with Crippen LogP contribution in [0.1, 0.15) is 22.3 Å². The van der Waals surface area contributed by atoms with Crippen LogP contribution in [0.5, 0.6) is 0 Å². The zero-order chi connectivity index (χ0) is 21.4. The highest BCUT2D eigenvalue weighted by Crippen LogP contribution is 2.18. The molecule has 0 aliphatic heterocycles. The summed E-state index contributed by atoms with van der Waals surface area (Å²) in [5.74, 6) is -0.803. The van der Waals surface area contributed by atoms with E-state index in [1.54, 1.807) is 6.07 Å². The number of nitro groups is 1. The monoisotopic (exact) mass is 483 g/mol. The molecule has 0 spiro atoms. The van der Waals surface area contributed by atoms with Gasteiger partial charge in [0.25, 0.3) is 11.6 Å². The Hall–Kier alpha value is -2.46. The summed E-state index contributed by atoms with van der Waals surface area (Å²) in [5, 5.41) is 16.2. The second-order valence-corrected chi connectivity index (χ2v) is 7.91. The first-order valence-corrected chi connectivity index (χ1v) is 10.8. The highest BCUT2D eigenvalue weighted by atomic mass is 79.9. The average molecular weight is 484 g/mol. The van der Waals surface area contributed by atoms with Gasteiger partial charge in [-0.15, -0.1) is 0 Å². The van der Waals surface area contributed by atoms with Gasteiger partial charge < -0.3 is 10.6 Å². The number of amides is 2. The topological polar surface area (TPSA) is 101 Å². The standard InChI is InChI=1S/C19H19BrFN3O4S/c1-29-8-7-17(19(26)22-11-13-9-14(21)5-6-16(13)20)23-18(25)12-3-2-4-15(10-12)24(27)28/h2-6,9-10,17H,7-8,11H2,1H3,(H,22,26)(H,23,25). The van der Waals surface area contributed by atoms with Crippen molar-refractivity contribution in [2.75, 3.05) is 12.0 Å². The second kappa shape index (κ2) is 10.9. The van der Waals surface area contributed by atoms with Gasteiger partial charge in [-0.1, -0.05) is 22.0 Å². The average Bonchev–Trinajstić information content (AvgIpc) is 2.71. The zero-order valence-electron chi connectivity index (χ0n) is 15.5. The predicted molar refractivity (Wildman–Crippen MR) is 113 cm³/mol. The summed E-state index contributed by atoms with van der Waals surface area (Å²) < 4.78 is 14.1. The number of carbonyl (C=O) groups excluding carboxylic acids is 2. The highest BCUT2D eigenvalue weighted by Gasteiger charge is 2.22. The lowest BCUT2D eigenvalue weighted by molar-refractivity contribution is -0.384. The van der Waals surface area contributed by atoms with E-state index in [4.69, 9.17) is 0 Å². The van der Waals surface area contributed by atoms with Crippen molar-refractivity contribution in [1.29, 1.82) is 0 Å². The van der Waals surface area contributed by atoms with E-state index < -0.39 is 28.6 Å². The number of hydrogen-bond donors (Lipinski definition) is 2. The lowest BCUT2D eigenvalue weighted by Crippen LogP contribution is -2.46. The third kappa shape index (κ3) is 6.82. The lowest BCUT2D eigenvalue weighted by Gasteiger charge is -2.18. The number of hydrogen-bond acceptors (Lipinski definition) is 5. The van der Waals surface area contributed by atoms with E-state index in [-0.39, 0.29) is 17.8 Å². The van der Waals surface area contributed by atoms with Crippen LogP contribution in [0.15, 0.2) is 46.9 Å². The minimum Gasteiger partial charge on any atom is -0.350 e. The van der Waals surface area contributed by atoms with Gasteiger partial charge in [-0.3, -0.25) is 19.7 Å². The molecule has 0 aromatic heterocycles. The Morgan fingerprint density at radius 2 is 2.03 bits per heavy atom. The molecule has 1 atom stereocenters. The van der Waals surface area contributed by atoms with Gasteiger partial charge in [0.15, 0.2) is 0 Å². The Balaban J connectivity index is 2.08. The van der Waals surface area contributed by atoms with Crippen molar-refractivity contribution in [3.63, 3.8) is 0 Å². The maximum atomic E-state index is 13.4. The molecule has 2 aromatic rings. The molecule has 7 nitrogen and oxygen atoms in total. The van der Waals surface area contributed by atoms with Crippen molar-refractivity contribution in [1.82, 2.24) is 10.6 Å². The van der Waals surface area contributed by atoms with Crippen molar-refractivity contribution in [3.8, 4) is 0 Å². The highest BCUT2D eigenvalue weighted by molar-refractivity contribution is 9.10. The molecule has 0 bridgehead atoms. The van der Waals surface area contributed by atoms with Crippen LogP contribution in [0, 0.1) is 15.9 Å². The third-order valence-corrected chi connectivity index (χ3v) is 5.43.